The van der Waals surface area contributed by atoms with Gasteiger partial charge in [-0.2, -0.15) is 5.43 Å². The van der Waals surface area contributed by atoms with Crippen molar-refractivity contribution in [3.63, 3.8) is 0 Å². The Morgan fingerprint density at radius 1 is 1.00 bits per heavy atom. The summed E-state index contributed by atoms with van der Waals surface area (Å²) in [5.74, 6) is 0. The van der Waals surface area contributed by atoms with Crippen LogP contribution in [0.2, 0.25) is 15.1 Å². The molecule has 0 fully saturated rings. The van der Waals surface area contributed by atoms with Crippen LogP contribution in [0.3, 0.4) is 0 Å². The summed E-state index contributed by atoms with van der Waals surface area (Å²) in [7, 11) is 25.0. The van der Waals surface area contributed by atoms with E-state index in [1.807, 2.05) is 0 Å². The van der Waals surface area contributed by atoms with Crippen molar-refractivity contribution in [2.45, 2.75) is 52.0 Å². The van der Waals surface area contributed by atoms with Gasteiger partial charge in [-0.3, -0.25) is 0 Å². The Morgan fingerprint density at radius 2 is 1.44 bits per heavy atom. The molecule has 27 heavy (non-hydrogen) atoms. The fourth-order valence-corrected chi connectivity index (χ4v) is 3.54. The van der Waals surface area contributed by atoms with E-state index >= 15 is 0 Å². The zero-order valence-electron chi connectivity index (χ0n) is 14.8. The van der Waals surface area contributed by atoms with Crippen LogP contribution in [0.25, 0.3) is 0 Å². The second-order valence-corrected chi connectivity index (χ2v) is 65.0. The average Bonchev–Trinajstić information content (AvgIpc) is 2.66. The number of nitrogens with one attached hydrogen (secondary N) is 1. The summed E-state index contributed by atoms with van der Waals surface area (Å²) in [5, 5.41) is 1.70. The normalized spacial score (nSPS) is 19.0. The fraction of sp³-hybridized carbons (Fsp3) is 0.533. The fourth-order valence-electron chi connectivity index (χ4n) is 2.55. The average molecular weight is 669 g/mol. The van der Waals surface area contributed by atoms with Crippen LogP contribution in [0.1, 0.15) is 46.5 Å². The number of benzene rings is 1. The Bertz CT molecular complexity index is 705. The van der Waals surface area contributed by atoms with Crippen LogP contribution in [0.15, 0.2) is 12.1 Å². The molecule has 0 bridgehead atoms. The number of halogens is 9. The summed E-state index contributed by atoms with van der Waals surface area (Å²) in [6, 6.07) is 3.46. The Kier molecular flexibility index (Phi) is 8.98. The number of hydrazine groups is 1. The van der Waals surface area contributed by atoms with Gasteiger partial charge < -0.3 is 0 Å². The Hall–Kier alpha value is 2.12. The standard InChI is InChI=1S/C15H20Cl3N2.6ClH.Sb/c1-4-5-6-11-9-15(2,3)19-20(11)14-12(17)7-10(16)8-13(14)18;;;;;;;/h7-8,19H,4-6,9H2,1-3H3;6*1H;/q+1;;;;;;;+5/p-6. The maximum absolute atomic E-state index is 6.34. The van der Waals surface area contributed by atoms with Crippen LogP contribution in [-0.2, 0) is 0 Å². The first-order chi connectivity index (χ1) is 11.8. The molecule has 12 heteroatoms. The molecule has 0 aromatic heterocycles. The van der Waals surface area contributed by atoms with Crippen molar-refractivity contribution < 1.29 is 4.68 Å². The van der Waals surface area contributed by atoms with Gasteiger partial charge in [0.25, 0.3) is 5.69 Å². The molecule has 1 aromatic carbocycles. The van der Waals surface area contributed by atoms with Crippen molar-refractivity contribution in [2.75, 3.05) is 0 Å². The first-order valence-electron chi connectivity index (χ1n) is 7.92. The van der Waals surface area contributed by atoms with Gasteiger partial charge in [0.1, 0.15) is 10.0 Å². The zero-order valence-corrected chi connectivity index (χ0v) is 24.1. The number of nitrogens with zero attached hydrogens (tertiary/aromatic N) is 1. The number of rotatable bonds is 4. The first kappa shape index (κ1) is 27.2. The van der Waals surface area contributed by atoms with Gasteiger partial charge in [-0.15, -0.1) is 0 Å². The maximum atomic E-state index is 6.34. The van der Waals surface area contributed by atoms with Crippen LogP contribution in [-0.4, -0.2) is 25.1 Å². The second kappa shape index (κ2) is 8.93. The molecule has 0 saturated carbocycles. The van der Waals surface area contributed by atoms with Crippen molar-refractivity contribution >= 4 is 108 Å². The monoisotopic (exact) mass is 664 g/mol. The molecule has 2 rings (SSSR count). The summed E-state index contributed by atoms with van der Waals surface area (Å²) in [6.07, 6.45) is 4.36. The van der Waals surface area contributed by atoms with E-state index in [-0.39, 0.29) is 5.54 Å². The summed E-state index contributed by atoms with van der Waals surface area (Å²) >= 11 is 18.7. The second-order valence-electron chi connectivity index (χ2n) is 6.85. The Labute approximate surface area is 195 Å². The van der Waals surface area contributed by atoms with Crippen molar-refractivity contribution in [3.8, 4) is 0 Å². The molecular formula is C15H20Cl9N2Sb. The molecule has 2 nitrogen and oxygen atoms in total. The van der Waals surface area contributed by atoms with E-state index in [9.17, 15) is 0 Å². The van der Waals surface area contributed by atoms with Gasteiger partial charge in [-0.25, -0.2) is 0 Å². The molecule has 0 radical (unpaired) electrons. The van der Waals surface area contributed by atoms with E-state index < -0.39 is 9.14 Å². The molecular weight excluding hydrogens is 649 g/mol. The molecule has 0 spiro atoms. The molecule has 1 aromatic rings. The van der Waals surface area contributed by atoms with Crippen LogP contribution >= 0.6 is 87.8 Å². The van der Waals surface area contributed by atoms with Gasteiger partial charge in [0.05, 0.1) is 12.0 Å². The summed E-state index contributed by atoms with van der Waals surface area (Å²) < 4.78 is 2.05. The van der Waals surface area contributed by atoms with Crippen molar-refractivity contribution in [1.29, 1.82) is 0 Å². The van der Waals surface area contributed by atoms with Gasteiger partial charge in [0, 0.05) is 11.4 Å². The van der Waals surface area contributed by atoms with Crippen molar-refractivity contribution in [1.82, 2.24) is 5.43 Å². The molecule has 158 valence electrons. The third kappa shape index (κ3) is 11.9. The molecule has 1 aliphatic rings. The summed E-state index contributed by atoms with van der Waals surface area (Å²) in [6.45, 7) is 6.55. The molecule has 1 N–H and O–H groups in total. The van der Waals surface area contributed by atoms with Gasteiger partial charge in [0.15, 0.2) is 5.71 Å². The molecule has 0 unspecified atom stereocenters. The van der Waals surface area contributed by atoms with Crippen LogP contribution in [0.4, 0.5) is 5.69 Å². The molecule has 0 amide bonds. The quantitative estimate of drug-likeness (QED) is 0.250. The van der Waals surface area contributed by atoms with E-state index in [0.29, 0.717) is 15.1 Å². The van der Waals surface area contributed by atoms with E-state index in [1.54, 1.807) is 12.1 Å². The predicted octanol–water partition coefficient (Wildman–Crippen LogP) is 9.37. The van der Waals surface area contributed by atoms with Gasteiger partial charge in [0.2, 0.25) is 0 Å². The summed E-state index contributed by atoms with van der Waals surface area (Å²) in [4.78, 5) is 0. The van der Waals surface area contributed by atoms with Gasteiger partial charge >= 0.3 is 62.1 Å². The molecule has 0 atom stereocenters. The molecule has 1 aliphatic heterocycles. The minimum atomic E-state index is -5.42. The predicted molar refractivity (Wildman–Crippen MR) is 129 cm³/mol. The molecule has 0 saturated heterocycles. The van der Waals surface area contributed by atoms with Crippen LogP contribution in [0.5, 0.6) is 0 Å². The SMILES string of the molecule is CCCCC1=[N+](c2c(Cl)cc(Cl)cc2Cl)NC(C)(C)C1.[Cl][Sb-]([Cl])([Cl])([Cl])([Cl])[Cl]. The third-order valence-corrected chi connectivity index (χ3v) is 4.20. The number of hydrogen-bond acceptors (Lipinski definition) is 1. The topological polar surface area (TPSA) is 15.0 Å². The van der Waals surface area contributed by atoms with E-state index in [2.05, 4.69) is 30.9 Å². The Balaban J connectivity index is 0.000000445. The van der Waals surface area contributed by atoms with Crippen LogP contribution in [0, 0.1) is 0 Å². The number of unbranched alkanes of at least 4 members (excludes halogenated alkanes) is 1. The summed E-state index contributed by atoms with van der Waals surface area (Å²) in [5.41, 5.74) is 5.62. The third-order valence-electron chi connectivity index (χ3n) is 3.40. The van der Waals surface area contributed by atoms with E-state index in [4.69, 9.17) is 87.8 Å². The molecule has 0 aliphatic carbocycles. The Morgan fingerprint density at radius 3 is 1.85 bits per heavy atom. The van der Waals surface area contributed by atoms with E-state index in [0.717, 1.165) is 24.9 Å². The van der Waals surface area contributed by atoms with Gasteiger partial charge in [-0.1, -0.05) is 52.8 Å². The van der Waals surface area contributed by atoms with Crippen molar-refractivity contribution in [3.05, 3.63) is 27.2 Å². The van der Waals surface area contributed by atoms with Gasteiger partial charge in [-0.05, 0) is 32.4 Å². The first-order valence-corrected chi connectivity index (χ1v) is 28.5. The minimum absolute atomic E-state index is 0.00929. The zero-order chi connectivity index (χ0) is 21.3. The van der Waals surface area contributed by atoms with Crippen molar-refractivity contribution in [2.24, 2.45) is 0 Å². The number of hydrogen-bond donors (Lipinski definition) is 1. The van der Waals surface area contributed by atoms with Crippen LogP contribution < -0.4 is 5.43 Å². The number of hydrazone groups is 1. The molecule has 1 heterocycles. The van der Waals surface area contributed by atoms with E-state index in [1.165, 1.54) is 12.1 Å².